The summed E-state index contributed by atoms with van der Waals surface area (Å²) in [7, 11) is -1.54. The fourth-order valence-corrected chi connectivity index (χ4v) is 5.07. The van der Waals surface area contributed by atoms with E-state index >= 15 is 0 Å². The number of hydrogen-bond donors (Lipinski definition) is 6. The molecule has 2 aromatic carbocycles. The molecule has 2 atom stereocenters. The first kappa shape index (κ1) is 35.9. The average Bonchev–Trinajstić information content (AvgIpc) is 3.21. The van der Waals surface area contributed by atoms with Crippen LogP contribution in [0.25, 0.3) is 0 Å². The maximum Gasteiger partial charge on any atom is 0.494 e. The van der Waals surface area contributed by atoms with Gasteiger partial charge in [-0.15, -0.1) is 0 Å². The number of halogens is 4. The normalized spacial score (nSPS) is 15.3. The Hall–Kier alpha value is -3.57. The maximum absolute atomic E-state index is 15.0. The number of nitrogens with two attached hydrogens (primary N) is 3. The largest absolute Gasteiger partial charge is 0.494 e. The summed E-state index contributed by atoms with van der Waals surface area (Å²) in [6.45, 7) is 4.33. The van der Waals surface area contributed by atoms with Gasteiger partial charge in [-0.05, 0) is 62.4 Å². The predicted octanol–water partition coefficient (Wildman–Crippen LogP) is 0.707. The van der Waals surface area contributed by atoms with Crippen molar-refractivity contribution in [2.75, 3.05) is 31.5 Å². The zero-order valence-corrected chi connectivity index (χ0v) is 25.1. The SMILES string of the molecule is CC1(C)OB(O)c2c1ccc(F)c2NC(=O)[C@@H](CCc1ccc(C(F)(F)F)cc1)NC(=O)[C@@H](N)CCC(=O)N(CCN)CCN. The van der Waals surface area contributed by atoms with Gasteiger partial charge >= 0.3 is 13.3 Å². The number of hydrogen-bond acceptors (Lipinski definition) is 8. The van der Waals surface area contributed by atoms with Crippen molar-refractivity contribution in [3.63, 3.8) is 0 Å². The highest BCUT2D eigenvalue weighted by Crippen LogP contribution is 2.33. The molecule has 16 heteroatoms. The van der Waals surface area contributed by atoms with Crippen LogP contribution in [-0.4, -0.2) is 73.0 Å². The molecule has 0 aromatic heterocycles. The summed E-state index contributed by atoms with van der Waals surface area (Å²) in [5.41, 5.74) is 15.9. The lowest BCUT2D eigenvalue weighted by Crippen LogP contribution is -2.51. The number of rotatable bonds is 14. The molecule has 0 saturated heterocycles. The van der Waals surface area contributed by atoms with Crippen molar-refractivity contribution in [1.82, 2.24) is 10.2 Å². The third-order valence-corrected chi connectivity index (χ3v) is 7.54. The molecule has 0 aliphatic carbocycles. The summed E-state index contributed by atoms with van der Waals surface area (Å²) < 4.78 is 59.5. The molecular formula is C29H39BF4N6O5. The topological polar surface area (TPSA) is 186 Å². The molecule has 0 unspecified atom stereocenters. The minimum atomic E-state index is -4.53. The molecule has 11 nitrogen and oxygen atoms in total. The minimum absolute atomic E-state index is 0.0240. The van der Waals surface area contributed by atoms with Gasteiger partial charge in [-0.2, -0.15) is 13.2 Å². The van der Waals surface area contributed by atoms with Gasteiger partial charge < -0.3 is 42.4 Å². The second-order valence-corrected chi connectivity index (χ2v) is 11.3. The lowest BCUT2D eigenvalue weighted by molar-refractivity contribution is -0.137. The number of amides is 3. The quantitative estimate of drug-likeness (QED) is 0.129. The van der Waals surface area contributed by atoms with Gasteiger partial charge in [-0.1, -0.05) is 18.2 Å². The van der Waals surface area contributed by atoms with E-state index in [0.717, 1.165) is 18.2 Å². The molecule has 0 radical (unpaired) electrons. The molecule has 0 fully saturated rings. The van der Waals surface area contributed by atoms with Crippen LogP contribution in [0.2, 0.25) is 0 Å². The van der Waals surface area contributed by atoms with Crippen molar-refractivity contribution in [2.45, 2.75) is 63.4 Å². The molecule has 0 bridgehead atoms. The number of alkyl halides is 3. The second-order valence-electron chi connectivity index (χ2n) is 11.3. The molecule has 0 saturated carbocycles. The monoisotopic (exact) mass is 638 g/mol. The van der Waals surface area contributed by atoms with Gasteiger partial charge in [0.15, 0.2) is 0 Å². The summed E-state index contributed by atoms with van der Waals surface area (Å²) in [6, 6.07) is 4.33. The van der Waals surface area contributed by atoms with Crippen molar-refractivity contribution in [2.24, 2.45) is 17.2 Å². The molecule has 3 rings (SSSR count). The van der Waals surface area contributed by atoms with E-state index in [1.807, 2.05) is 0 Å². The highest BCUT2D eigenvalue weighted by atomic mass is 19.4. The van der Waals surface area contributed by atoms with Gasteiger partial charge in [0.2, 0.25) is 17.7 Å². The highest BCUT2D eigenvalue weighted by Gasteiger charge is 2.43. The molecule has 2 aromatic rings. The number of nitrogens with one attached hydrogen (secondary N) is 2. The molecule has 3 amide bonds. The predicted molar refractivity (Wildman–Crippen MR) is 160 cm³/mol. The summed E-state index contributed by atoms with van der Waals surface area (Å²) in [4.78, 5) is 40.6. The molecule has 0 spiro atoms. The van der Waals surface area contributed by atoms with Crippen LogP contribution in [-0.2, 0) is 37.2 Å². The average molecular weight is 638 g/mol. The van der Waals surface area contributed by atoms with E-state index in [9.17, 15) is 37.0 Å². The Bertz CT molecular complexity index is 1360. The lowest BCUT2D eigenvalue weighted by Gasteiger charge is -2.24. The smallest absolute Gasteiger partial charge is 0.423 e. The van der Waals surface area contributed by atoms with E-state index in [-0.39, 0.29) is 68.9 Å². The fraction of sp³-hybridized carbons (Fsp3) is 0.483. The Kier molecular flexibility index (Phi) is 12.1. The summed E-state index contributed by atoms with van der Waals surface area (Å²) in [6.07, 6.45) is -4.72. The minimum Gasteiger partial charge on any atom is -0.423 e. The molecule has 1 heterocycles. The van der Waals surface area contributed by atoms with Crippen molar-refractivity contribution < 1.29 is 41.6 Å². The van der Waals surface area contributed by atoms with Crippen LogP contribution in [0.4, 0.5) is 23.2 Å². The van der Waals surface area contributed by atoms with Crippen LogP contribution in [0.3, 0.4) is 0 Å². The first-order valence-electron chi connectivity index (χ1n) is 14.5. The number of carbonyl (C=O) groups is 3. The van der Waals surface area contributed by atoms with Crippen molar-refractivity contribution in [3.8, 4) is 0 Å². The van der Waals surface area contributed by atoms with Crippen molar-refractivity contribution in [1.29, 1.82) is 0 Å². The standard InChI is InChI=1S/C29H39BF4N6O5/c1-28(2)19-8-9-20(31)25(24(19)30(44)45-28)39-27(43)22(11-5-17-3-6-18(7-4-17)29(32,33)34)38-26(42)21(37)10-12-23(41)40(15-13-35)16-14-36/h3-4,6-9,21-22,44H,5,10-16,35-37H2,1-2H3,(H,38,42)(H,39,43)/t21-,22+/m0/s1. The van der Waals surface area contributed by atoms with Crippen LogP contribution < -0.4 is 33.3 Å². The van der Waals surface area contributed by atoms with E-state index in [2.05, 4.69) is 10.6 Å². The van der Waals surface area contributed by atoms with Gasteiger partial charge in [0, 0.05) is 38.1 Å². The summed E-state index contributed by atoms with van der Waals surface area (Å²) >= 11 is 0. The van der Waals surface area contributed by atoms with Crippen LogP contribution in [0.5, 0.6) is 0 Å². The van der Waals surface area contributed by atoms with E-state index in [1.165, 1.54) is 23.1 Å². The first-order valence-corrected chi connectivity index (χ1v) is 14.5. The Morgan fingerprint density at radius 3 is 2.22 bits per heavy atom. The zero-order chi connectivity index (χ0) is 33.5. The van der Waals surface area contributed by atoms with Crippen LogP contribution in [0.15, 0.2) is 36.4 Å². The van der Waals surface area contributed by atoms with Crippen LogP contribution in [0, 0.1) is 5.82 Å². The molecule has 9 N–H and O–H groups in total. The Morgan fingerprint density at radius 2 is 1.64 bits per heavy atom. The lowest BCUT2D eigenvalue weighted by atomic mass is 9.76. The number of nitrogens with zero attached hydrogens (tertiary/aromatic N) is 1. The van der Waals surface area contributed by atoms with E-state index in [4.69, 9.17) is 21.9 Å². The molecule has 1 aliphatic heterocycles. The van der Waals surface area contributed by atoms with Crippen molar-refractivity contribution >= 4 is 36.0 Å². The number of fused-ring (bicyclic) bond motifs is 1. The third-order valence-electron chi connectivity index (χ3n) is 7.54. The van der Waals surface area contributed by atoms with Gasteiger partial charge in [0.1, 0.15) is 11.9 Å². The number of benzene rings is 2. The Balaban J connectivity index is 1.79. The Labute approximate surface area is 259 Å². The molecule has 246 valence electrons. The van der Waals surface area contributed by atoms with Gasteiger partial charge in [-0.3, -0.25) is 14.4 Å². The summed E-state index contributed by atoms with van der Waals surface area (Å²) in [5.74, 6) is -2.80. The van der Waals surface area contributed by atoms with Gasteiger partial charge in [0.25, 0.3) is 0 Å². The van der Waals surface area contributed by atoms with Crippen LogP contribution >= 0.6 is 0 Å². The van der Waals surface area contributed by atoms with Gasteiger partial charge in [-0.25, -0.2) is 4.39 Å². The molecular weight excluding hydrogens is 599 g/mol. The fourth-order valence-electron chi connectivity index (χ4n) is 5.07. The maximum atomic E-state index is 15.0. The van der Waals surface area contributed by atoms with Crippen LogP contribution in [0.1, 0.15) is 49.8 Å². The van der Waals surface area contributed by atoms with E-state index in [0.29, 0.717) is 11.1 Å². The number of anilines is 1. The third kappa shape index (κ3) is 9.23. The van der Waals surface area contributed by atoms with E-state index < -0.39 is 54.2 Å². The molecule has 45 heavy (non-hydrogen) atoms. The number of carbonyl (C=O) groups excluding carboxylic acids is 3. The highest BCUT2D eigenvalue weighted by molar-refractivity contribution is 6.64. The zero-order valence-electron chi connectivity index (χ0n) is 25.1. The van der Waals surface area contributed by atoms with Crippen molar-refractivity contribution in [3.05, 3.63) is 58.9 Å². The van der Waals surface area contributed by atoms with E-state index in [1.54, 1.807) is 13.8 Å². The first-order chi connectivity index (χ1) is 21.1. The number of aryl methyl sites for hydroxylation is 1. The summed E-state index contributed by atoms with van der Waals surface area (Å²) in [5, 5.41) is 15.4. The second kappa shape index (κ2) is 15.1. The molecule has 1 aliphatic rings. The Morgan fingerprint density at radius 1 is 1.02 bits per heavy atom. The van der Waals surface area contributed by atoms with Gasteiger partial charge in [0.05, 0.1) is 22.9 Å².